The van der Waals surface area contributed by atoms with Crippen LogP contribution in [0.1, 0.15) is 35.5 Å². The van der Waals surface area contributed by atoms with Gasteiger partial charge in [0.05, 0.1) is 16.6 Å². The molecule has 0 saturated heterocycles. The minimum atomic E-state index is -0.157. The smallest absolute Gasteiger partial charge is 0.315 e. The number of halogens is 1. The van der Waals surface area contributed by atoms with E-state index in [1.807, 2.05) is 32.2 Å². The number of H-pyrrole nitrogens is 1. The highest BCUT2D eigenvalue weighted by molar-refractivity contribution is 7.16. The second-order valence-corrected chi connectivity index (χ2v) is 6.63. The summed E-state index contributed by atoms with van der Waals surface area (Å²) in [6, 6.07) is 3.57. The minimum absolute atomic E-state index is 0.0429. The van der Waals surface area contributed by atoms with Gasteiger partial charge in [-0.1, -0.05) is 11.6 Å². The summed E-state index contributed by atoms with van der Waals surface area (Å²) in [4.78, 5) is 12.8. The Kier molecular flexibility index (Phi) is 5.64. The first-order chi connectivity index (χ1) is 10.1. The molecule has 0 fully saturated rings. The molecule has 2 aromatic rings. The lowest BCUT2D eigenvalue weighted by Crippen LogP contribution is -2.37. The number of amides is 2. The minimum Gasteiger partial charge on any atom is -0.338 e. The molecule has 0 spiro atoms. The second kappa shape index (κ2) is 7.47. The molecule has 0 radical (unpaired) electrons. The Bertz CT molecular complexity index is 595. The van der Waals surface area contributed by atoms with Gasteiger partial charge in [-0.15, -0.1) is 11.3 Å². The van der Waals surface area contributed by atoms with Gasteiger partial charge in [-0.2, -0.15) is 5.10 Å². The van der Waals surface area contributed by atoms with Gasteiger partial charge in [0.1, 0.15) is 0 Å². The average Bonchev–Trinajstić information content (AvgIpc) is 3.04. The van der Waals surface area contributed by atoms with E-state index in [0.717, 1.165) is 27.7 Å². The van der Waals surface area contributed by atoms with Crippen molar-refractivity contribution in [3.63, 3.8) is 0 Å². The van der Waals surface area contributed by atoms with E-state index >= 15 is 0 Å². The van der Waals surface area contributed by atoms with Crippen molar-refractivity contribution in [2.24, 2.45) is 0 Å². The summed E-state index contributed by atoms with van der Waals surface area (Å²) in [6.07, 6.45) is 3.61. The van der Waals surface area contributed by atoms with Crippen LogP contribution in [0.15, 0.2) is 18.3 Å². The van der Waals surface area contributed by atoms with Gasteiger partial charge < -0.3 is 10.6 Å². The van der Waals surface area contributed by atoms with E-state index in [2.05, 4.69) is 20.8 Å². The third kappa shape index (κ3) is 4.75. The molecule has 7 heteroatoms. The fourth-order valence-corrected chi connectivity index (χ4v) is 3.05. The van der Waals surface area contributed by atoms with E-state index in [4.69, 9.17) is 11.6 Å². The number of carbonyl (C=O) groups is 1. The van der Waals surface area contributed by atoms with E-state index in [1.54, 1.807) is 0 Å². The van der Waals surface area contributed by atoms with E-state index in [0.29, 0.717) is 6.54 Å². The summed E-state index contributed by atoms with van der Waals surface area (Å²) in [5.74, 6) is 0. The summed E-state index contributed by atoms with van der Waals surface area (Å²) >= 11 is 7.37. The van der Waals surface area contributed by atoms with Crippen molar-refractivity contribution in [1.29, 1.82) is 0 Å². The zero-order valence-corrected chi connectivity index (χ0v) is 13.6. The van der Waals surface area contributed by atoms with E-state index < -0.39 is 0 Å². The summed E-state index contributed by atoms with van der Waals surface area (Å²) in [7, 11) is 0. The van der Waals surface area contributed by atoms with Gasteiger partial charge in [0, 0.05) is 17.1 Å². The number of aromatic nitrogens is 2. The molecular weight excluding hydrogens is 308 g/mol. The van der Waals surface area contributed by atoms with Gasteiger partial charge in [0.25, 0.3) is 0 Å². The average molecular weight is 327 g/mol. The number of carbonyl (C=O) groups excluding carboxylic acids is 1. The lowest BCUT2D eigenvalue weighted by atomic mass is 10.1. The quantitative estimate of drug-likeness (QED) is 0.712. The SMILES string of the molecule is Cc1[nH]ncc1CCCNC(=O)NC(C)c1ccc(Cl)s1. The molecule has 1 atom stereocenters. The number of hydrogen-bond donors (Lipinski definition) is 3. The molecule has 2 rings (SSSR count). The van der Waals surface area contributed by atoms with Crippen LogP contribution in [0.3, 0.4) is 0 Å². The van der Waals surface area contributed by atoms with Crippen LogP contribution >= 0.6 is 22.9 Å². The molecule has 0 saturated carbocycles. The molecular formula is C14H19ClN4OS. The normalized spacial score (nSPS) is 12.1. The number of nitrogens with zero attached hydrogens (tertiary/aromatic N) is 1. The van der Waals surface area contributed by atoms with Crippen molar-refractivity contribution in [3.8, 4) is 0 Å². The van der Waals surface area contributed by atoms with Crippen LogP contribution < -0.4 is 10.6 Å². The number of aromatic amines is 1. The predicted octanol–water partition coefficient (Wildman–Crippen LogP) is 3.43. The molecule has 0 aromatic carbocycles. The fraction of sp³-hybridized carbons (Fsp3) is 0.429. The van der Waals surface area contributed by atoms with Crippen LogP contribution in [0, 0.1) is 6.92 Å². The molecule has 0 aliphatic carbocycles. The van der Waals surface area contributed by atoms with Crippen LogP contribution in [-0.4, -0.2) is 22.8 Å². The number of nitrogens with one attached hydrogen (secondary N) is 3. The molecule has 5 nitrogen and oxygen atoms in total. The summed E-state index contributed by atoms with van der Waals surface area (Å²) < 4.78 is 0.731. The van der Waals surface area contributed by atoms with Crippen molar-refractivity contribution in [1.82, 2.24) is 20.8 Å². The van der Waals surface area contributed by atoms with Crippen LogP contribution in [0.2, 0.25) is 4.34 Å². The van der Waals surface area contributed by atoms with Crippen molar-refractivity contribution in [2.45, 2.75) is 32.7 Å². The highest BCUT2D eigenvalue weighted by Crippen LogP contribution is 2.26. The van der Waals surface area contributed by atoms with Crippen LogP contribution in [0.4, 0.5) is 4.79 Å². The molecule has 2 aromatic heterocycles. The van der Waals surface area contributed by atoms with Gasteiger partial charge in [0.2, 0.25) is 0 Å². The number of aryl methyl sites for hydroxylation is 2. The molecule has 1 unspecified atom stereocenters. The van der Waals surface area contributed by atoms with Gasteiger partial charge in [-0.3, -0.25) is 5.10 Å². The predicted molar refractivity (Wildman–Crippen MR) is 85.9 cm³/mol. The van der Waals surface area contributed by atoms with Crippen molar-refractivity contribution in [2.75, 3.05) is 6.54 Å². The molecule has 3 N–H and O–H groups in total. The van der Waals surface area contributed by atoms with Crippen molar-refractivity contribution >= 4 is 29.0 Å². The molecule has 21 heavy (non-hydrogen) atoms. The first kappa shape index (κ1) is 15.9. The molecule has 0 aliphatic heterocycles. The number of hydrogen-bond acceptors (Lipinski definition) is 3. The van der Waals surface area contributed by atoms with Gasteiger partial charge in [0.15, 0.2) is 0 Å². The highest BCUT2D eigenvalue weighted by Gasteiger charge is 2.11. The highest BCUT2D eigenvalue weighted by atomic mass is 35.5. The number of thiophene rings is 1. The topological polar surface area (TPSA) is 69.8 Å². The Hall–Kier alpha value is -1.53. The second-order valence-electron chi connectivity index (χ2n) is 4.89. The Labute approximate surface area is 133 Å². The molecule has 2 heterocycles. The zero-order valence-electron chi connectivity index (χ0n) is 12.1. The molecule has 0 aliphatic rings. The van der Waals surface area contributed by atoms with Gasteiger partial charge in [-0.05, 0) is 44.4 Å². The largest absolute Gasteiger partial charge is 0.338 e. The summed E-state index contributed by atoms with van der Waals surface area (Å²) in [5.41, 5.74) is 2.28. The third-order valence-electron chi connectivity index (χ3n) is 3.21. The molecule has 2 amide bonds. The van der Waals surface area contributed by atoms with Crippen molar-refractivity contribution < 1.29 is 4.79 Å². The van der Waals surface area contributed by atoms with E-state index in [1.165, 1.54) is 16.9 Å². The maximum absolute atomic E-state index is 11.8. The maximum atomic E-state index is 11.8. The Morgan fingerprint density at radius 3 is 2.95 bits per heavy atom. The molecule has 114 valence electrons. The van der Waals surface area contributed by atoms with E-state index in [9.17, 15) is 4.79 Å². The summed E-state index contributed by atoms with van der Waals surface area (Å²) in [5, 5.41) is 12.6. The summed E-state index contributed by atoms with van der Waals surface area (Å²) in [6.45, 7) is 4.57. The van der Waals surface area contributed by atoms with Crippen LogP contribution in [0.5, 0.6) is 0 Å². The number of rotatable bonds is 6. The third-order valence-corrected chi connectivity index (χ3v) is 4.62. The van der Waals surface area contributed by atoms with Crippen LogP contribution in [-0.2, 0) is 6.42 Å². The Morgan fingerprint density at radius 1 is 1.52 bits per heavy atom. The molecule has 0 bridgehead atoms. The van der Waals surface area contributed by atoms with Crippen LogP contribution in [0.25, 0.3) is 0 Å². The maximum Gasteiger partial charge on any atom is 0.315 e. The Morgan fingerprint density at radius 2 is 2.33 bits per heavy atom. The van der Waals surface area contributed by atoms with Gasteiger partial charge in [-0.25, -0.2) is 4.79 Å². The fourth-order valence-electron chi connectivity index (χ4n) is 1.99. The standard InChI is InChI=1S/C14H19ClN4OS/c1-9-11(8-17-19-9)4-3-7-16-14(20)18-10(2)12-5-6-13(15)21-12/h5-6,8,10H,3-4,7H2,1-2H3,(H,17,19)(H2,16,18,20). The van der Waals surface area contributed by atoms with E-state index in [-0.39, 0.29) is 12.1 Å². The first-order valence-electron chi connectivity index (χ1n) is 6.84. The van der Waals surface area contributed by atoms with Crippen molar-refractivity contribution in [3.05, 3.63) is 38.8 Å². The monoisotopic (exact) mass is 326 g/mol. The zero-order chi connectivity index (χ0) is 15.2. The lowest BCUT2D eigenvalue weighted by Gasteiger charge is -2.13. The Balaban J connectivity index is 1.67. The first-order valence-corrected chi connectivity index (χ1v) is 8.04. The number of urea groups is 1. The van der Waals surface area contributed by atoms with Gasteiger partial charge >= 0.3 is 6.03 Å². The lowest BCUT2D eigenvalue weighted by molar-refractivity contribution is 0.238.